The minimum Gasteiger partial charge on any atom is -0.300 e. The average molecular weight is 184 g/mol. The number of Topliss-reactive ketones (excluding diaryl/α,β-unsaturated/α-hetero) is 1. The van der Waals surface area contributed by atoms with Gasteiger partial charge in [0, 0.05) is 5.92 Å². The summed E-state index contributed by atoms with van der Waals surface area (Å²) >= 11 is 0. The third-order valence-corrected chi connectivity index (χ3v) is 2.59. The van der Waals surface area contributed by atoms with Crippen molar-refractivity contribution in [3.05, 3.63) is 0 Å². The fraction of sp³-hybridized carbons (Fsp3) is 0.917. The molecule has 1 aliphatic carbocycles. The van der Waals surface area contributed by atoms with Crippen molar-refractivity contribution >= 4 is 5.78 Å². The summed E-state index contributed by atoms with van der Waals surface area (Å²) in [4.78, 5) is 10.9. The summed E-state index contributed by atoms with van der Waals surface area (Å²) < 4.78 is 0. The Morgan fingerprint density at radius 1 is 1.15 bits per heavy atom. The standard InChI is InChI=1S/C9H16O.C3H8/c1-7-3-5-9(6-4-7)8(2)10;1-3-2/h7,9H,3-6H2,1-2H3;3H2,1-2H3. The van der Waals surface area contributed by atoms with Gasteiger partial charge in [-0.15, -0.1) is 0 Å². The maximum absolute atomic E-state index is 10.9. The smallest absolute Gasteiger partial charge is 0.132 e. The second-order valence-electron chi connectivity index (χ2n) is 4.27. The molecule has 0 aromatic rings. The molecule has 1 nitrogen and oxygen atoms in total. The molecule has 1 aliphatic rings. The predicted octanol–water partition coefficient (Wildman–Crippen LogP) is 3.82. The van der Waals surface area contributed by atoms with Gasteiger partial charge in [0.05, 0.1) is 0 Å². The number of carbonyl (C=O) groups is 1. The van der Waals surface area contributed by atoms with Crippen LogP contribution in [-0.4, -0.2) is 5.78 Å². The van der Waals surface area contributed by atoms with Crippen LogP contribution >= 0.6 is 0 Å². The van der Waals surface area contributed by atoms with Gasteiger partial charge in [-0.05, 0) is 25.7 Å². The minimum absolute atomic E-state index is 0.395. The molecule has 0 spiro atoms. The lowest BCUT2D eigenvalue weighted by molar-refractivity contribution is -0.121. The maximum atomic E-state index is 10.9. The van der Waals surface area contributed by atoms with Gasteiger partial charge in [-0.25, -0.2) is 0 Å². The molecule has 0 atom stereocenters. The van der Waals surface area contributed by atoms with E-state index < -0.39 is 0 Å². The summed E-state index contributed by atoms with van der Waals surface area (Å²) in [7, 11) is 0. The largest absolute Gasteiger partial charge is 0.300 e. The van der Waals surface area contributed by atoms with E-state index in [2.05, 4.69) is 20.8 Å². The first kappa shape index (κ1) is 12.7. The highest BCUT2D eigenvalue weighted by atomic mass is 16.1. The van der Waals surface area contributed by atoms with Gasteiger partial charge in [0.2, 0.25) is 0 Å². The number of ketones is 1. The molecule has 0 amide bonds. The van der Waals surface area contributed by atoms with Crippen molar-refractivity contribution in [1.82, 2.24) is 0 Å². The Hall–Kier alpha value is -0.330. The molecule has 1 fully saturated rings. The average Bonchev–Trinajstić information content (AvgIpc) is 2.06. The van der Waals surface area contributed by atoms with Gasteiger partial charge >= 0.3 is 0 Å². The second-order valence-corrected chi connectivity index (χ2v) is 4.27. The van der Waals surface area contributed by atoms with Crippen LogP contribution in [0.2, 0.25) is 0 Å². The number of hydrogen-bond acceptors (Lipinski definition) is 1. The van der Waals surface area contributed by atoms with Crippen molar-refractivity contribution in [2.24, 2.45) is 11.8 Å². The SMILES string of the molecule is CC(=O)C1CCC(C)CC1.CCC. The van der Waals surface area contributed by atoms with Crippen molar-refractivity contribution in [3.63, 3.8) is 0 Å². The summed E-state index contributed by atoms with van der Waals surface area (Å²) in [6.45, 7) is 8.25. The van der Waals surface area contributed by atoms with Gasteiger partial charge in [-0.3, -0.25) is 4.79 Å². The third-order valence-electron chi connectivity index (χ3n) is 2.59. The van der Waals surface area contributed by atoms with Crippen LogP contribution < -0.4 is 0 Å². The molecule has 0 saturated heterocycles. The Morgan fingerprint density at radius 2 is 1.54 bits per heavy atom. The third kappa shape index (κ3) is 5.84. The summed E-state index contributed by atoms with van der Waals surface area (Å²) in [6.07, 6.45) is 6.03. The summed E-state index contributed by atoms with van der Waals surface area (Å²) in [5.41, 5.74) is 0. The molecule has 0 N–H and O–H groups in total. The molecule has 0 aromatic heterocycles. The molecular formula is C12H24O. The quantitative estimate of drug-likeness (QED) is 0.605. The van der Waals surface area contributed by atoms with E-state index in [4.69, 9.17) is 0 Å². The molecule has 0 unspecified atom stereocenters. The first-order valence-electron chi connectivity index (χ1n) is 5.62. The minimum atomic E-state index is 0.395. The van der Waals surface area contributed by atoms with Gasteiger partial charge in [-0.1, -0.05) is 40.0 Å². The van der Waals surface area contributed by atoms with E-state index in [1.54, 1.807) is 6.92 Å². The Balaban J connectivity index is 0.000000424. The van der Waals surface area contributed by atoms with E-state index in [1.165, 1.54) is 19.3 Å². The van der Waals surface area contributed by atoms with Crippen LogP contribution in [0.4, 0.5) is 0 Å². The van der Waals surface area contributed by atoms with E-state index in [9.17, 15) is 4.79 Å². The summed E-state index contributed by atoms with van der Waals surface area (Å²) in [6, 6.07) is 0. The van der Waals surface area contributed by atoms with Crippen molar-refractivity contribution in [2.45, 2.75) is 59.8 Å². The Labute approximate surface area is 82.9 Å². The second kappa shape index (κ2) is 7.11. The molecule has 0 heterocycles. The van der Waals surface area contributed by atoms with Crippen molar-refractivity contribution in [2.75, 3.05) is 0 Å². The molecule has 1 saturated carbocycles. The fourth-order valence-corrected chi connectivity index (χ4v) is 1.67. The highest BCUT2D eigenvalue weighted by Gasteiger charge is 2.20. The monoisotopic (exact) mass is 184 g/mol. The first-order valence-corrected chi connectivity index (χ1v) is 5.62. The van der Waals surface area contributed by atoms with E-state index in [0.717, 1.165) is 18.8 Å². The molecule has 0 bridgehead atoms. The van der Waals surface area contributed by atoms with Crippen LogP contribution in [0, 0.1) is 11.8 Å². The maximum Gasteiger partial charge on any atom is 0.132 e. The lowest BCUT2D eigenvalue weighted by Gasteiger charge is -2.23. The lowest BCUT2D eigenvalue weighted by atomic mass is 9.81. The Bertz CT molecular complexity index is 132. The number of rotatable bonds is 1. The molecular weight excluding hydrogens is 160 g/mol. The van der Waals surface area contributed by atoms with Crippen molar-refractivity contribution in [1.29, 1.82) is 0 Å². The fourth-order valence-electron chi connectivity index (χ4n) is 1.67. The van der Waals surface area contributed by atoms with Gasteiger partial charge < -0.3 is 0 Å². The Morgan fingerprint density at radius 3 is 1.85 bits per heavy atom. The predicted molar refractivity (Wildman–Crippen MR) is 57.8 cm³/mol. The van der Waals surface area contributed by atoms with Crippen LogP contribution in [0.3, 0.4) is 0 Å². The van der Waals surface area contributed by atoms with Crippen molar-refractivity contribution in [3.8, 4) is 0 Å². The summed E-state index contributed by atoms with van der Waals surface area (Å²) in [5.74, 6) is 1.65. The van der Waals surface area contributed by atoms with Gasteiger partial charge in [0.15, 0.2) is 0 Å². The zero-order valence-electron chi connectivity index (χ0n) is 9.60. The highest BCUT2D eigenvalue weighted by Crippen LogP contribution is 2.28. The van der Waals surface area contributed by atoms with Crippen LogP contribution in [0.5, 0.6) is 0 Å². The number of hydrogen-bond donors (Lipinski definition) is 0. The van der Waals surface area contributed by atoms with Crippen LogP contribution in [-0.2, 0) is 4.79 Å². The molecule has 0 radical (unpaired) electrons. The normalized spacial score (nSPS) is 27.4. The van der Waals surface area contributed by atoms with Crippen molar-refractivity contribution < 1.29 is 4.79 Å². The Kier molecular flexibility index (Phi) is 6.93. The highest BCUT2D eigenvalue weighted by molar-refractivity contribution is 5.78. The summed E-state index contributed by atoms with van der Waals surface area (Å²) in [5, 5.41) is 0. The van der Waals surface area contributed by atoms with Gasteiger partial charge in [0.25, 0.3) is 0 Å². The van der Waals surface area contributed by atoms with E-state index >= 15 is 0 Å². The van der Waals surface area contributed by atoms with Crippen LogP contribution in [0.25, 0.3) is 0 Å². The molecule has 13 heavy (non-hydrogen) atoms. The molecule has 0 aromatic carbocycles. The molecule has 0 aliphatic heterocycles. The van der Waals surface area contributed by atoms with E-state index in [-0.39, 0.29) is 0 Å². The topological polar surface area (TPSA) is 17.1 Å². The molecule has 1 rings (SSSR count). The zero-order chi connectivity index (χ0) is 10.3. The number of carbonyl (C=O) groups excluding carboxylic acids is 1. The zero-order valence-corrected chi connectivity index (χ0v) is 9.60. The first-order chi connectivity index (χ1) is 6.11. The molecule has 78 valence electrons. The van der Waals surface area contributed by atoms with Crippen LogP contribution in [0.15, 0.2) is 0 Å². The van der Waals surface area contributed by atoms with Crippen LogP contribution in [0.1, 0.15) is 59.8 Å². The van der Waals surface area contributed by atoms with Gasteiger partial charge in [-0.2, -0.15) is 0 Å². The molecule has 1 heteroatoms. The lowest BCUT2D eigenvalue weighted by Crippen LogP contribution is -2.18. The van der Waals surface area contributed by atoms with Gasteiger partial charge in [0.1, 0.15) is 5.78 Å². The van der Waals surface area contributed by atoms with E-state index in [1.807, 2.05) is 0 Å². The van der Waals surface area contributed by atoms with E-state index in [0.29, 0.717) is 11.7 Å².